The minimum Gasteiger partial charge on any atom is -0.389 e. The Kier molecular flexibility index (Phi) is 3.84. The summed E-state index contributed by atoms with van der Waals surface area (Å²) in [5.41, 5.74) is 4.93. The number of thiocarbonyl (C=S) groups is 1. The van der Waals surface area contributed by atoms with Crippen molar-refractivity contribution in [2.24, 2.45) is 5.73 Å². The summed E-state index contributed by atoms with van der Waals surface area (Å²) in [5.74, 6) is 0. The van der Waals surface area contributed by atoms with Crippen molar-refractivity contribution < 1.29 is 13.2 Å². The van der Waals surface area contributed by atoms with Crippen LogP contribution in [0.25, 0.3) is 0 Å². The summed E-state index contributed by atoms with van der Waals surface area (Å²) in [6, 6.07) is 3.63. The van der Waals surface area contributed by atoms with Crippen molar-refractivity contribution in [1.82, 2.24) is 9.97 Å². The Morgan fingerprint density at radius 3 is 2.35 bits per heavy atom. The summed E-state index contributed by atoms with van der Waals surface area (Å²) in [4.78, 5) is 7.22. The highest BCUT2D eigenvalue weighted by Crippen LogP contribution is 2.34. The molecule has 0 radical (unpaired) electrons. The Morgan fingerprint density at radius 1 is 1.15 bits per heavy atom. The Morgan fingerprint density at radius 2 is 1.80 bits per heavy atom. The molecule has 4 nitrogen and oxygen atoms in total. The van der Waals surface area contributed by atoms with Crippen LogP contribution in [0.5, 0.6) is 0 Å². The minimum absolute atomic E-state index is 0.206. The molecule has 104 valence electrons. The number of alkyl halides is 3. The summed E-state index contributed by atoms with van der Waals surface area (Å²) < 4.78 is 38.9. The molecule has 0 bridgehead atoms. The average molecular weight is 298 g/mol. The molecule has 2 rings (SSSR count). The number of anilines is 2. The maximum atomic E-state index is 13.0. The number of nitrogens with one attached hydrogen (secondary N) is 1. The fourth-order valence-electron chi connectivity index (χ4n) is 1.60. The van der Waals surface area contributed by atoms with E-state index < -0.39 is 11.7 Å². The lowest BCUT2D eigenvalue weighted by Gasteiger charge is -2.14. The van der Waals surface area contributed by atoms with E-state index in [1.165, 1.54) is 30.9 Å². The molecular weight excluding hydrogens is 289 g/mol. The third-order valence-electron chi connectivity index (χ3n) is 2.44. The molecule has 1 heterocycles. The molecule has 2 aromatic rings. The number of hydrogen-bond acceptors (Lipinski definition) is 4. The van der Waals surface area contributed by atoms with Gasteiger partial charge in [-0.1, -0.05) is 12.2 Å². The van der Waals surface area contributed by atoms with E-state index in [1.54, 1.807) is 0 Å². The van der Waals surface area contributed by atoms with Crippen LogP contribution in [-0.2, 0) is 6.18 Å². The lowest BCUT2D eigenvalue weighted by atomic mass is 10.1. The van der Waals surface area contributed by atoms with E-state index in [0.29, 0.717) is 5.69 Å². The number of rotatable bonds is 3. The summed E-state index contributed by atoms with van der Waals surface area (Å²) in [7, 11) is 0. The lowest BCUT2D eigenvalue weighted by Crippen LogP contribution is -2.18. The fourth-order valence-corrected chi connectivity index (χ4v) is 1.78. The fraction of sp³-hybridized carbons (Fsp3) is 0.0833. The van der Waals surface area contributed by atoms with Gasteiger partial charge in [0.25, 0.3) is 0 Å². The van der Waals surface area contributed by atoms with Crippen molar-refractivity contribution in [2.75, 3.05) is 5.32 Å². The zero-order chi connectivity index (χ0) is 14.8. The predicted molar refractivity (Wildman–Crippen MR) is 72.6 cm³/mol. The van der Waals surface area contributed by atoms with E-state index in [9.17, 15) is 13.2 Å². The monoisotopic (exact) mass is 298 g/mol. The van der Waals surface area contributed by atoms with Crippen LogP contribution >= 0.6 is 12.2 Å². The van der Waals surface area contributed by atoms with E-state index >= 15 is 0 Å². The lowest BCUT2D eigenvalue weighted by molar-refractivity contribution is -0.137. The van der Waals surface area contributed by atoms with Crippen LogP contribution in [0.2, 0.25) is 0 Å². The molecule has 0 amide bonds. The summed E-state index contributed by atoms with van der Waals surface area (Å²) in [6.07, 6.45) is -0.324. The SMILES string of the molecule is NC(=S)c1ccc(Nc2cncnc2)cc1C(F)(F)F. The van der Waals surface area contributed by atoms with Crippen LogP contribution in [-0.4, -0.2) is 15.0 Å². The van der Waals surface area contributed by atoms with Crippen LogP contribution in [0.15, 0.2) is 36.9 Å². The van der Waals surface area contributed by atoms with Gasteiger partial charge in [-0.25, -0.2) is 9.97 Å². The first-order valence-electron chi connectivity index (χ1n) is 5.41. The molecule has 0 aliphatic carbocycles. The number of aromatic nitrogens is 2. The van der Waals surface area contributed by atoms with E-state index in [-0.39, 0.29) is 16.2 Å². The third-order valence-corrected chi connectivity index (χ3v) is 2.66. The molecule has 1 aromatic carbocycles. The second-order valence-corrected chi connectivity index (χ2v) is 4.31. The van der Waals surface area contributed by atoms with Gasteiger partial charge in [0.2, 0.25) is 0 Å². The van der Waals surface area contributed by atoms with Gasteiger partial charge in [0.1, 0.15) is 11.3 Å². The quantitative estimate of drug-likeness (QED) is 0.853. The number of hydrogen-bond donors (Lipinski definition) is 2. The molecular formula is C12H9F3N4S. The van der Waals surface area contributed by atoms with Crippen molar-refractivity contribution >= 4 is 28.6 Å². The van der Waals surface area contributed by atoms with Crippen LogP contribution in [0, 0.1) is 0 Å². The maximum absolute atomic E-state index is 13.0. The largest absolute Gasteiger partial charge is 0.417 e. The van der Waals surface area contributed by atoms with Crippen LogP contribution < -0.4 is 11.1 Å². The number of nitrogens with two attached hydrogens (primary N) is 1. The van der Waals surface area contributed by atoms with E-state index in [0.717, 1.165) is 6.07 Å². The van der Waals surface area contributed by atoms with Crippen LogP contribution in [0.1, 0.15) is 11.1 Å². The van der Waals surface area contributed by atoms with Gasteiger partial charge >= 0.3 is 6.18 Å². The first-order valence-corrected chi connectivity index (χ1v) is 5.82. The zero-order valence-corrected chi connectivity index (χ0v) is 10.8. The number of nitrogens with zero attached hydrogens (tertiary/aromatic N) is 2. The van der Waals surface area contributed by atoms with Crippen molar-refractivity contribution in [1.29, 1.82) is 0 Å². The molecule has 0 aliphatic rings. The van der Waals surface area contributed by atoms with Crippen molar-refractivity contribution in [2.45, 2.75) is 6.18 Å². The van der Waals surface area contributed by atoms with Crippen LogP contribution in [0.4, 0.5) is 24.5 Å². The first kappa shape index (κ1) is 14.2. The maximum Gasteiger partial charge on any atom is 0.417 e. The normalized spacial score (nSPS) is 11.2. The van der Waals surface area contributed by atoms with Crippen LogP contribution in [0.3, 0.4) is 0 Å². The van der Waals surface area contributed by atoms with Gasteiger partial charge < -0.3 is 11.1 Å². The van der Waals surface area contributed by atoms with Gasteiger partial charge in [0, 0.05) is 11.3 Å². The highest BCUT2D eigenvalue weighted by atomic mass is 32.1. The molecule has 0 saturated heterocycles. The Hall–Kier alpha value is -2.22. The average Bonchev–Trinajstić information content (AvgIpc) is 2.38. The number of benzene rings is 1. The second kappa shape index (κ2) is 5.41. The van der Waals surface area contributed by atoms with Gasteiger partial charge in [-0.05, 0) is 18.2 Å². The van der Waals surface area contributed by atoms with E-state index in [4.69, 9.17) is 5.73 Å². The molecule has 0 fully saturated rings. The molecule has 0 saturated carbocycles. The summed E-state index contributed by atoms with van der Waals surface area (Å²) in [5, 5.41) is 2.77. The Bertz CT molecular complexity index is 628. The molecule has 3 N–H and O–H groups in total. The second-order valence-electron chi connectivity index (χ2n) is 3.87. The molecule has 0 atom stereocenters. The Labute approximate surface area is 117 Å². The van der Waals surface area contributed by atoms with Crippen molar-refractivity contribution in [3.8, 4) is 0 Å². The summed E-state index contributed by atoms with van der Waals surface area (Å²) >= 11 is 4.63. The molecule has 20 heavy (non-hydrogen) atoms. The molecule has 0 spiro atoms. The highest BCUT2D eigenvalue weighted by molar-refractivity contribution is 7.80. The molecule has 0 unspecified atom stereocenters. The topological polar surface area (TPSA) is 63.8 Å². The number of halogens is 3. The van der Waals surface area contributed by atoms with Crippen molar-refractivity contribution in [3.63, 3.8) is 0 Å². The molecule has 0 aliphatic heterocycles. The predicted octanol–water partition coefficient (Wildman–Crippen LogP) is 2.87. The zero-order valence-electron chi connectivity index (χ0n) is 9.98. The van der Waals surface area contributed by atoms with Crippen molar-refractivity contribution in [3.05, 3.63) is 48.0 Å². The van der Waals surface area contributed by atoms with E-state index in [2.05, 4.69) is 27.5 Å². The standard InChI is InChI=1S/C12H9F3N4S/c13-12(14,15)10-3-7(1-2-9(10)11(16)20)19-8-4-17-6-18-5-8/h1-6,19H,(H2,16,20). The van der Waals surface area contributed by atoms with Gasteiger partial charge in [-0.2, -0.15) is 13.2 Å². The van der Waals surface area contributed by atoms with Gasteiger partial charge in [-0.15, -0.1) is 0 Å². The smallest absolute Gasteiger partial charge is 0.389 e. The van der Waals surface area contributed by atoms with Gasteiger partial charge in [0.05, 0.1) is 23.6 Å². The highest BCUT2D eigenvalue weighted by Gasteiger charge is 2.34. The summed E-state index contributed by atoms with van der Waals surface area (Å²) in [6.45, 7) is 0. The molecule has 8 heteroatoms. The van der Waals surface area contributed by atoms with Gasteiger partial charge in [0.15, 0.2) is 0 Å². The minimum atomic E-state index is -4.54. The Balaban J connectivity index is 2.40. The molecule has 1 aromatic heterocycles. The van der Waals surface area contributed by atoms with Gasteiger partial charge in [-0.3, -0.25) is 0 Å². The van der Waals surface area contributed by atoms with E-state index in [1.807, 2.05) is 0 Å². The first-order chi connectivity index (χ1) is 9.38. The third kappa shape index (κ3) is 3.21.